The quantitative estimate of drug-likeness (QED) is 0.176. The molecule has 0 saturated carbocycles. The van der Waals surface area contributed by atoms with E-state index in [0.717, 1.165) is 29.6 Å². The van der Waals surface area contributed by atoms with Crippen LogP contribution in [0, 0.1) is 10.8 Å². The molecule has 1 aliphatic rings. The first-order valence-electron chi connectivity index (χ1n) is 14.5. The van der Waals surface area contributed by atoms with Crippen molar-refractivity contribution in [2.24, 2.45) is 10.8 Å². The van der Waals surface area contributed by atoms with Gasteiger partial charge in [0.1, 0.15) is 6.10 Å². The van der Waals surface area contributed by atoms with Crippen LogP contribution in [0.1, 0.15) is 67.3 Å². The van der Waals surface area contributed by atoms with Crippen molar-refractivity contribution < 1.29 is 46.3 Å². The molecular formula is C28H46FN2O11PS2. The third kappa shape index (κ3) is 12.6. The Morgan fingerprint density at radius 3 is 2.07 bits per heavy atom. The summed E-state index contributed by atoms with van der Waals surface area (Å²) in [6.45, 7) is 9.67. The van der Waals surface area contributed by atoms with Gasteiger partial charge >= 0.3 is 13.5 Å². The van der Waals surface area contributed by atoms with Crippen LogP contribution in [-0.4, -0.2) is 83.1 Å². The highest BCUT2D eigenvalue weighted by Gasteiger charge is 2.49. The fraction of sp³-hybridized carbons (Fsp3) is 0.786. The van der Waals surface area contributed by atoms with Gasteiger partial charge < -0.3 is 14.2 Å². The molecule has 1 aromatic rings. The van der Waals surface area contributed by atoms with Crippen molar-refractivity contribution in [2.75, 3.05) is 45.0 Å². The van der Waals surface area contributed by atoms with E-state index in [1.165, 1.54) is 17.9 Å². The van der Waals surface area contributed by atoms with Crippen LogP contribution in [0.25, 0.3) is 0 Å². The molecule has 1 fully saturated rings. The summed E-state index contributed by atoms with van der Waals surface area (Å²) >= 11 is 1.98. The van der Waals surface area contributed by atoms with Gasteiger partial charge in [-0.3, -0.25) is 37.5 Å². The Hall–Kier alpha value is -1.36. The molecular weight excluding hydrogens is 654 g/mol. The zero-order chi connectivity index (χ0) is 34.1. The topological polar surface area (TPSA) is 161 Å². The number of carbonyl (C=O) groups excluding carboxylic acids is 2. The highest BCUT2D eigenvalue weighted by molar-refractivity contribution is 8.14. The molecule has 1 unspecified atom stereocenters. The van der Waals surface area contributed by atoms with Gasteiger partial charge in [0.15, 0.2) is 15.9 Å². The number of carbonyl (C=O) groups is 2. The largest absolute Gasteiger partial charge is 0.474 e. The molecule has 258 valence electrons. The first-order chi connectivity index (χ1) is 20.8. The molecule has 2 heterocycles. The van der Waals surface area contributed by atoms with Crippen molar-refractivity contribution in [1.82, 2.24) is 9.55 Å². The first kappa shape index (κ1) is 39.8. The van der Waals surface area contributed by atoms with Crippen molar-refractivity contribution in [3.05, 3.63) is 33.1 Å². The highest BCUT2D eigenvalue weighted by Crippen LogP contribution is 2.51. The van der Waals surface area contributed by atoms with Crippen LogP contribution in [0.2, 0.25) is 0 Å². The number of phosphoric ester groups is 1. The number of rotatable bonds is 17. The molecule has 1 saturated heterocycles. The van der Waals surface area contributed by atoms with E-state index in [1.807, 2.05) is 0 Å². The van der Waals surface area contributed by atoms with Crippen molar-refractivity contribution in [3.8, 4) is 0 Å². The number of ether oxygens (including phenoxy) is 3. The van der Waals surface area contributed by atoms with Crippen LogP contribution in [-0.2, 0) is 41.9 Å². The van der Waals surface area contributed by atoms with E-state index in [0.29, 0.717) is 0 Å². The van der Waals surface area contributed by atoms with Crippen molar-refractivity contribution in [1.29, 1.82) is 0 Å². The number of H-pyrrole nitrogens is 1. The summed E-state index contributed by atoms with van der Waals surface area (Å²) in [5.41, 5.74) is -4.94. The molecule has 0 amide bonds. The minimum Gasteiger partial charge on any atom is -0.333 e. The Balaban J connectivity index is 2.27. The van der Waals surface area contributed by atoms with Gasteiger partial charge in [0.25, 0.3) is 12.0 Å². The molecule has 0 radical (unpaired) electrons. The normalized spacial score (nSPS) is 19.8. The molecule has 13 nitrogen and oxygen atoms in total. The minimum atomic E-state index is -4.45. The first-order valence-corrected chi connectivity index (χ1v) is 17.9. The molecule has 1 N–H and O–H groups in total. The summed E-state index contributed by atoms with van der Waals surface area (Å²) in [5, 5.41) is -0.200. The monoisotopic (exact) mass is 700 g/mol. The summed E-state index contributed by atoms with van der Waals surface area (Å²) in [7, 11) is -3.13. The fourth-order valence-electron chi connectivity index (χ4n) is 3.90. The summed E-state index contributed by atoms with van der Waals surface area (Å²) in [4.78, 5) is 50.9. The molecule has 0 spiro atoms. The number of halogens is 1. The maximum absolute atomic E-state index is 17.0. The lowest BCUT2D eigenvalue weighted by Gasteiger charge is -2.34. The van der Waals surface area contributed by atoms with Gasteiger partial charge in [0, 0.05) is 54.2 Å². The third-order valence-electron chi connectivity index (χ3n) is 6.54. The van der Waals surface area contributed by atoms with Gasteiger partial charge in [-0.15, -0.1) is 0 Å². The van der Waals surface area contributed by atoms with Crippen LogP contribution < -0.4 is 11.2 Å². The second-order valence-corrected chi connectivity index (χ2v) is 16.3. The zero-order valence-corrected chi connectivity index (χ0v) is 29.7. The molecule has 17 heteroatoms. The number of aromatic amines is 1. The average molecular weight is 701 g/mol. The van der Waals surface area contributed by atoms with E-state index >= 15 is 4.39 Å². The van der Waals surface area contributed by atoms with Crippen LogP contribution in [0.4, 0.5) is 4.39 Å². The van der Waals surface area contributed by atoms with E-state index in [4.69, 9.17) is 27.8 Å². The van der Waals surface area contributed by atoms with Gasteiger partial charge in [0.05, 0.1) is 26.4 Å². The van der Waals surface area contributed by atoms with E-state index in [1.54, 1.807) is 48.5 Å². The fourth-order valence-corrected chi connectivity index (χ4v) is 6.94. The summed E-state index contributed by atoms with van der Waals surface area (Å²) in [6, 6.07) is 0.381. The second-order valence-electron chi connectivity index (χ2n) is 12.5. The number of methoxy groups -OCH3 is 1. The van der Waals surface area contributed by atoms with Gasteiger partial charge in [-0.25, -0.2) is 13.8 Å². The van der Waals surface area contributed by atoms with Crippen molar-refractivity contribution >= 4 is 41.6 Å². The van der Waals surface area contributed by atoms with E-state index in [9.17, 15) is 23.7 Å². The molecule has 1 aromatic heterocycles. The Morgan fingerprint density at radius 2 is 1.62 bits per heavy atom. The van der Waals surface area contributed by atoms with E-state index < -0.39 is 60.8 Å². The number of nitrogens with zero attached hydrogens (tertiary/aromatic N) is 1. The summed E-state index contributed by atoms with van der Waals surface area (Å²) in [5.74, 6) is 0.264. The van der Waals surface area contributed by atoms with Crippen LogP contribution in [0.15, 0.2) is 21.9 Å². The average Bonchev–Trinajstić information content (AvgIpc) is 3.45. The lowest BCUT2D eigenvalue weighted by molar-refractivity contribution is -0.234. The zero-order valence-electron chi connectivity index (χ0n) is 27.1. The molecule has 0 aliphatic carbocycles. The Morgan fingerprint density at radius 1 is 1.07 bits per heavy atom. The minimum absolute atomic E-state index is 0.100. The van der Waals surface area contributed by atoms with Crippen LogP contribution >= 0.6 is 31.3 Å². The molecule has 45 heavy (non-hydrogen) atoms. The molecule has 4 atom stereocenters. The maximum Gasteiger partial charge on any atom is 0.474 e. The molecule has 0 bridgehead atoms. The summed E-state index contributed by atoms with van der Waals surface area (Å²) < 4.78 is 64.6. The number of alkyl halides is 1. The van der Waals surface area contributed by atoms with Crippen molar-refractivity contribution in [3.63, 3.8) is 0 Å². The Kier molecular flexibility index (Phi) is 15.2. The van der Waals surface area contributed by atoms with Crippen LogP contribution in [0.3, 0.4) is 0 Å². The van der Waals surface area contributed by atoms with Crippen molar-refractivity contribution in [2.45, 2.75) is 85.6 Å². The van der Waals surface area contributed by atoms with E-state index in [-0.39, 0.29) is 54.4 Å². The molecule has 0 aromatic carbocycles. The second kappa shape index (κ2) is 17.2. The van der Waals surface area contributed by atoms with E-state index in [2.05, 4.69) is 4.98 Å². The Bertz CT molecular complexity index is 1260. The van der Waals surface area contributed by atoms with Gasteiger partial charge in [-0.1, -0.05) is 72.0 Å². The molecule has 2 rings (SSSR count). The number of nitrogens with one attached hydrogen (secondary N) is 1. The predicted octanol–water partition coefficient (Wildman–Crippen LogP) is 4.70. The number of hydrogen-bond acceptors (Lipinski definition) is 13. The van der Waals surface area contributed by atoms with Gasteiger partial charge in [0.2, 0.25) is 0 Å². The lowest BCUT2D eigenvalue weighted by Crippen LogP contribution is -2.47. The third-order valence-corrected chi connectivity index (χ3v) is 10.5. The predicted molar refractivity (Wildman–Crippen MR) is 170 cm³/mol. The maximum atomic E-state index is 17.0. The molecule has 1 aliphatic heterocycles. The lowest BCUT2D eigenvalue weighted by atomic mass is 9.90. The number of phosphoric acid groups is 1. The SMILES string of the molecule is CC[C@@H](C[C@](F)(COP(=O)(OCCSC(=O)C(C)(C)C)OCCSC(=O)C(C)(C)C)[C@@H]1COC(OC)O1)n1ccc(=O)[nH]c1=O. The summed E-state index contributed by atoms with van der Waals surface area (Å²) in [6.07, 6.45) is -0.0820. The highest BCUT2D eigenvalue weighted by atomic mass is 32.2. The number of thioether (sulfide) groups is 2. The standard InChI is InChI=1S/C28H46FN2O11PS2/c1-9-19(31-11-10-21(32)30-24(31)35)16-28(29,20-17-38-25(37-8)42-20)18-41-43(36,39-12-14-44-22(33)26(2,3)4)40-13-15-45-23(34)27(5,6)7/h10-11,19-20,25H,9,12-18H2,1-8H3,(H,30,32,35)/t19-,20-,25?,28-/m0/s1. The number of hydrogen-bond donors (Lipinski definition) is 1. The van der Waals surface area contributed by atoms with Crippen LogP contribution in [0.5, 0.6) is 0 Å². The Labute approximate surface area is 271 Å². The number of aromatic nitrogens is 2. The van der Waals surface area contributed by atoms with Gasteiger partial charge in [-0.05, 0) is 6.42 Å². The van der Waals surface area contributed by atoms with Gasteiger partial charge in [-0.2, -0.15) is 0 Å². The smallest absolute Gasteiger partial charge is 0.333 e.